The van der Waals surface area contributed by atoms with Gasteiger partial charge in [-0.3, -0.25) is 23.6 Å². The summed E-state index contributed by atoms with van der Waals surface area (Å²) in [5, 5.41) is 10.8. The minimum Gasteiger partial charge on any atom is -0.502 e. The van der Waals surface area contributed by atoms with Crippen LogP contribution < -0.4 is 20.8 Å². The lowest BCUT2D eigenvalue weighted by atomic mass is 9.91. The highest BCUT2D eigenvalue weighted by molar-refractivity contribution is 5.78. The van der Waals surface area contributed by atoms with E-state index in [-0.39, 0.29) is 17.9 Å². The number of carbonyl (C=O) groups is 1. The summed E-state index contributed by atoms with van der Waals surface area (Å²) in [6.07, 6.45) is -0.163. The van der Waals surface area contributed by atoms with Crippen molar-refractivity contribution >= 4 is 22.7 Å². The first-order valence-corrected chi connectivity index (χ1v) is 13.4. The van der Waals surface area contributed by atoms with Crippen molar-refractivity contribution in [2.45, 2.75) is 18.9 Å². The summed E-state index contributed by atoms with van der Waals surface area (Å²) >= 11 is 0. The van der Waals surface area contributed by atoms with Crippen LogP contribution in [0, 0.1) is 0 Å². The number of rotatable bonds is 8. The van der Waals surface area contributed by atoms with E-state index in [0.29, 0.717) is 28.9 Å². The van der Waals surface area contributed by atoms with E-state index in [2.05, 4.69) is 9.80 Å². The van der Waals surface area contributed by atoms with Crippen molar-refractivity contribution in [2.75, 3.05) is 45.3 Å². The van der Waals surface area contributed by atoms with Crippen molar-refractivity contribution in [3.63, 3.8) is 0 Å². The van der Waals surface area contributed by atoms with E-state index in [9.17, 15) is 19.5 Å². The molecule has 2 aromatic carbocycles. The number of aromatic nitrogens is 2. The smallest absolute Gasteiger partial charge is 0.328 e. The Morgan fingerprint density at radius 1 is 0.951 bits per heavy atom. The summed E-state index contributed by atoms with van der Waals surface area (Å²) in [6.45, 7) is 3.45. The first-order chi connectivity index (χ1) is 19.7. The maximum Gasteiger partial charge on any atom is 0.328 e. The molecule has 1 aliphatic rings. The minimum absolute atomic E-state index is 0.00458. The fraction of sp³-hybridized carbons (Fsp3) is 0.367. The molecule has 1 unspecified atom stereocenters. The summed E-state index contributed by atoms with van der Waals surface area (Å²) in [7, 11) is 6.27. The summed E-state index contributed by atoms with van der Waals surface area (Å²) in [4.78, 5) is 42.3. The van der Waals surface area contributed by atoms with Gasteiger partial charge in [-0.15, -0.1) is 0 Å². The van der Waals surface area contributed by atoms with Crippen molar-refractivity contribution in [2.24, 2.45) is 14.1 Å². The Morgan fingerprint density at radius 2 is 1.63 bits per heavy atom. The monoisotopic (exact) mass is 562 g/mol. The third-order valence-corrected chi connectivity index (χ3v) is 7.80. The number of aromatic hydroxyl groups is 1. The van der Waals surface area contributed by atoms with Gasteiger partial charge in [-0.25, -0.2) is 4.79 Å². The number of hydrogen-bond acceptors (Lipinski definition) is 9. The van der Waals surface area contributed by atoms with Gasteiger partial charge in [-0.1, -0.05) is 6.07 Å². The molecule has 3 heterocycles. The summed E-state index contributed by atoms with van der Waals surface area (Å²) in [5.74, 6) is -0.683. The molecular formula is C30H34N4O7. The fourth-order valence-corrected chi connectivity index (χ4v) is 5.40. The zero-order valence-corrected chi connectivity index (χ0v) is 23.6. The third-order valence-electron chi connectivity index (χ3n) is 7.80. The molecule has 1 atom stereocenters. The van der Waals surface area contributed by atoms with Gasteiger partial charge < -0.3 is 23.9 Å². The molecule has 4 aromatic rings. The van der Waals surface area contributed by atoms with Gasteiger partial charge in [-0.05, 0) is 42.0 Å². The van der Waals surface area contributed by atoms with Crippen LogP contribution >= 0.6 is 0 Å². The van der Waals surface area contributed by atoms with Crippen molar-refractivity contribution in [1.29, 1.82) is 0 Å². The Kier molecular flexibility index (Phi) is 7.89. The number of esters is 1. The number of aryl methyl sites for hydroxylation is 2. The van der Waals surface area contributed by atoms with Crippen molar-refractivity contribution in [1.82, 2.24) is 14.0 Å². The van der Waals surface area contributed by atoms with Crippen LogP contribution in [-0.2, 0) is 30.2 Å². The van der Waals surface area contributed by atoms with E-state index < -0.39 is 23.1 Å². The van der Waals surface area contributed by atoms with Crippen LogP contribution in [0.2, 0.25) is 0 Å². The molecule has 0 saturated carbocycles. The van der Waals surface area contributed by atoms with Gasteiger partial charge in [0.1, 0.15) is 11.5 Å². The number of carbonyl (C=O) groups excluding carboxylic acids is 1. The number of imidazole rings is 1. The molecule has 1 saturated heterocycles. The maximum atomic E-state index is 12.9. The maximum absolute atomic E-state index is 12.9. The largest absolute Gasteiger partial charge is 0.502 e. The molecular weight excluding hydrogens is 528 g/mol. The van der Waals surface area contributed by atoms with Crippen LogP contribution in [0.3, 0.4) is 0 Å². The van der Waals surface area contributed by atoms with Gasteiger partial charge in [0, 0.05) is 52.0 Å². The van der Waals surface area contributed by atoms with Gasteiger partial charge in [0.2, 0.25) is 11.2 Å². The average Bonchev–Trinajstić information content (AvgIpc) is 3.21. The molecule has 2 aromatic heterocycles. The lowest BCUT2D eigenvalue weighted by Crippen LogP contribution is -2.46. The van der Waals surface area contributed by atoms with Crippen LogP contribution in [0.15, 0.2) is 62.5 Å². The third kappa shape index (κ3) is 5.58. The molecule has 0 amide bonds. The molecule has 41 heavy (non-hydrogen) atoms. The second-order valence-corrected chi connectivity index (χ2v) is 10.2. The lowest BCUT2D eigenvalue weighted by molar-refractivity contribution is -0.140. The quantitative estimate of drug-likeness (QED) is 0.323. The molecule has 11 nitrogen and oxygen atoms in total. The predicted octanol–water partition coefficient (Wildman–Crippen LogP) is 2.56. The summed E-state index contributed by atoms with van der Waals surface area (Å²) < 4.78 is 19.4. The highest BCUT2D eigenvalue weighted by Crippen LogP contribution is 2.35. The second-order valence-electron chi connectivity index (χ2n) is 10.2. The Balaban J connectivity index is 1.41. The van der Waals surface area contributed by atoms with Crippen LogP contribution in [0.5, 0.6) is 11.5 Å². The van der Waals surface area contributed by atoms with E-state index in [0.717, 1.165) is 37.6 Å². The number of methoxy groups -OCH3 is 2. The van der Waals surface area contributed by atoms with Gasteiger partial charge in [-0.2, -0.15) is 0 Å². The van der Waals surface area contributed by atoms with E-state index in [1.165, 1.54) is 22.3 Å². The van der Waals surface area contributed by atoms with Gasteiger partial charge >= 0.3 is 11.7 Å². The number of fused-ring (bicyclic) bond motifs is 1. The second kappa shape index (κ2) is 11.5. The average molecular weight is 563 g/mol. The van der Waals surface area contributed by atoms with Crippen LogP contribution in [0.4, 0.5) is 5.69 Å². The molecule has 0 radical (unpaired) electrons. The predicted molar refractivity (Wildman–Crippen MR) is 154 cm³/mol. The zero-order valence-electron chi connectivity index (χ0n) is 23.6. The van der Waals surface area contributed by atoms with Crippen LogP contribution in [0.25, 0.3) is 11.0 Å². The van der Waals surface area contributed by atoms with Crippen molar-refractivity contribution in [3.8, 4) is 11.5 Å². The lowest BCUT2D eigenvalue weighted by Gasteiger charge is -2.36. The Bertz CT molecular complexity index is 1680. The van der Waals surface area contributed by atoms with Crippen molar-refractivity contribution < 1.29 is 23.8 Å². The molecule has 1 N–H and O–H groups in total. The number of ether oxygens (including phenoxy) is 2. The Hall–Kier alpha value is -4.51. The van der Waals surface area contributed by atoms with Gasteiger partial charge in [0.05, 0.1) is 44.1 Å². The standard InChI is InChI=1S/C30H34N4O7/c1-31-24-10-5-19(15-25(24)32(2)30(31)38)23(17-27(36)40-4)29-28(37)26(35)16-22(41-29)18-33-11-13-34(14-12-33)20-6-8-21(39-3)9-7-20/h5-10,15-16,23,37H,11-14,17-18H2,1-4H3. The number of nitrogens with zero attached hydrogens (tertiary/aromatic N) is 4. The molecule has 1 aliphatic heterocycles. The molecule has 0 spiro atoms. The minimum atomic E-state index is -0.804. The number of benzene rings is 2. The number of piperazine rings is 1. The first kappa shape index (κ1) is 28.0. The Morgan fingerprint density at radius 3 is 2.29 bits per heavy atom. The Labute approximate surface area is 236 Å². The molecule has 0 bridgehead atoms. The van der Waals surface area contributed by atoms with E-state index in [1.807, 2.05) is 24.3 Å². The van der Waals surface area contributed by atoms with Crippen LogP contribution in [0.1, 0.15) is 29.4 Å². The molecule has 0 aliphatic carbocycles. The molecule has 5 rings (SSSR count). The van der Waals surface area contributed by atoms with Crippen LogP contribution in [-0.4, -0.2) is 65.5 Å². The highest BCUT2D eigenvalue weighted by Gasteiger charge is 2.28. The molecule has 1 fully saturated rings. The normalized spacial score (nSPS) is 14.8. The van der Waals surface area contributed by atoms with Gasteiger partial charge in [0.15, 0.2) is 5.76 Å². The fourth-order valence-electron chi connectivity index (χ4n) is 5.40. The highest BCUT2D eigenvalue weighted by atomic mass is 16.5. The topological polar surface area (TPSA) is 119 Å². The summed E-state index contributed by atoms with van der Waals surface area (Å²) in [5.41, 5.74) is 2.31. The van der Waals surface area contributed by atoms with E-state index in [4.69, 9.17) is 13.9 Å². The summed E-state index contributed by atoms with van der Waals surface area (Å²) in [6, 6.07) is 14.6. The van der Waals surface area contributed by atoms with E-state index >= 15 is 0 Å². The van der Waals surface area contributed by atoms with E-state index in [1.54, 1.807) is 39.4 Å². The first-order valence-electron chi connectivity index (χ1n) is 13.4. The van der Waals surface area contributed by atoms with Gasteiger partial charge in [0.25, 0.3) is 0 Å². The molecule has 11 heteroatoms. The number of hydrogen-bond donors (Lipinski definition) is 1. The number of anilines is 1. The SMILES string of the molecule is COC(=O)CC(c1ccc2c(c1)n(C)c(=O)n2C)c1oc(CN2CCN(c3ccc(OC)cc3)CC2)cc(=O)c1O. The van der Waals surface area contributed by atoms with Crippen molar-refractivity contribution in [3.05, 3.63) is 86.3 Å². The zero-order chi connectivity index (χ0) is 29.3. The molecule has 216 valence electrons.